The van der Waals surface area contributed by atoms with E-state index in [0.29, 0.717) is 17.9 Å². The van der Waals surface area contributed by atoms with Gasteiger partial charge in [-0.2, -0.15) is 0 Å². The van der Waals surface area contributed by atoms with Crippen LogP contribution in [0.4, 0.5) is 4.79 Å². The highest BCUT2D eigenvalue weighted by atomic mass is 16.6. The summed E-state index contributed by atoms with van der Waals surface area (Å²) in [5.74, 6) is 0.378. The molecule has 0 bridgehead atoms. The number of nitrogens with zero attached hydrogens (tertiary/aromatic N) is 1. The zero-order valence-corrected chi connectivity index (χ0v) is 12.4. The largest absolute Gasteiger partial charge is 0.444 e. The van der Waals surface area contributed by atoms with Gasteiger partial charge in [-0.25, -0.2) is 4.79 Å². The number of nitrogens with one attached hydrogen (secondary N) is 1. The van der Waals surface area contributed by atoms with E-state index in [-0.39, 0.29) is 6.09 Å². The van der Waals surface area contributed by atoms with Crippen LogP contribution in [-0.4, -0.2) is 49.3 Å². The van der Waals surface area contributed by atoms with Gasteiger partial charge in [-0.1, -0.05) is 0 Å². The number of amides is 1. The smallest absolute Gasteiger partial charge is 0.410 e. The van der Waals surface area contributed by atoms with E-state index in [4.69, 9.17) is 10.5 Å². The van der Waals surface area contributed by atoms with Crippen molar-refractivity contribution in [2.75, 3.05) is 32.7 Å². The van der Waals surface area contributed by atoms with Crippen LogP contribution in [0.1, 0.15) is 33.6 Å². The van der Waals surface area contributed by atoms with Crippen LogP contribution in [0.3, 0.4) is 0 Å². The van der Waals surface area contributed by atoms with E-state index < -0.39 is 5.60 Å². The molecule has 0 aromatic heterocycles. The van der Waals surface area contributed by atoms with E-state index in [1.807, 2.05) is 25.7 Å². The number of hydrogen-bond donors (Lipinski definition) is 2. The van der Waals surface area contributed by atoms with Crippen LogP contribution in [0, 0.1) is 11.3 Å². The lowest BCUT2D eigenvalue weighted by Crippen LogP contribution is -2.53. The van der Waals surface area contributed by atoms with Gasteiger partial charge in [-0.15, -0.1) is 0 Å². The lowest BCUT2D eigenvalue weighted by molar-refractivity contribution is -0.00317. The van der Waals surface area contributed by atoms with Gasteiger partial charge in [0.25, 0.3) is 0 Å². The van der Waals surface area contributed by atoms with Crippen molar-refractivity contribution >= 4 is 6.09 Å². The van der Waals surface area contributed by atoms with Crippen LogP contribution >= 0.6 is 0 Å². The molecule has 5 heteroatoms. The van der Waals surface area contributed by atoms with Gasteiger partial charge in [0.05, 0.1) is 0 Å². The van der Waals surface area contributed by atoms with Gasteiger partial charge < -0.3 is 20.7 Å². The number of hydrogen-bond acceptors (Lipinski definition) is 4. The third-order valence-corrected chi connectivity index (χ3v) is 4.40. The first-order chi connectivity index (χ1) is 8.86. The van der Waals surface area contributed by atoms with E-state index in [2.05, 4.69) is 5.32 Å². The Hall–Kier alpha value is -0.810. The molecule has 5 nitrogen and oxygen atoms in total. The van der Waals surface area contributed by atoms with Crippen LogP contribution < -0.4 is 11.1 Å². The minimum atomic E-state index is -0.431. The van der Waals surface area contributed by atoms with Crippen molar-refractivity contribution in [2.45, 2.75) is 39.2 Å². The highest BCUT2D eigenvalue weighted by Crippen LogP contribution is 2.41. The molecule has 2 aliphatic rings. The first-order valence-corrected chi connectivity index (χ1v) is 7.25. The van der Waals surface area contributed by atoms with E-state index in [1.165, 1.54) is 6.42 Å². The Morgan fingerprint density at radius 3 is 2.74 bits per heavy atom. The van der Waals surface area contributed by atoms with Crippen molar-refractivity contribution < 1.29 is 9.53 Å². The molecule has 2 heterocycles. The third kappa shape index (κ3) is 3.20. The summed E-state index contributed by atoms with van der Waals surface area (Å²) < 4.78 is 5.45. The molecule has 2 atom stereocenters. The maximum absolute atomic E-state index is 12.1. The Morgan fingerprint density at radius 1 is 1.47 bits per heavy atom. The third-order valence-electron chi connectivity index (χ3n) is 4.40. The van der Waals surface area contributed by atoms with Crippen molar-refractivity contribution in [3.05, 3.63) is 0 Å². The van der Waals surface area contributed by atoms with Gasteiger partial charge >= 0.3 is 6.09 Å². The topological polar surface area (TPSA) is 67.6 Å². The number of ether oxygens (including phenoxy) is 1. The summed E-state index contributed by atoms with van der Waals surface area (Å²) in [5, 5.41) is 3.44. The van der Waals surface area contributed by atoms with Gasteiger partial charge in [0.15, 0.2) is 0 Å². The van der Waals surface area contributed by atoms with Crippen LogP contribution in [0.2, 0.25) is 0 Å². The van der Waals surface area contributed by atoms with Gasteiger partial charge in [0.2, 0.25) is 0 Å². The molecule has 1 spiro atoms. The van der Waals surface area contributed by atoms with Gasteiger partial charge in [0.1, 0.15) is 5.60 Å². The fourth-order valence-electron chi connectivity index (χ4n) is 3.25. The molecular weight excluding hydrogens is 242 g/mol. The molecule has 0 saturated carbocycles. The number of nitrogens with two attached hydrogens (primary N) is 1. The number of rotatable bonds is 1. The van der Waals surface area contributed by atoms with E-state index in [9.17, 15) is 4.79 Å². The van der Waals surface area contributed by atoms with Crippen LogP contribution in [-0.2, 0) is 4.74 Å². The van der Waals surface area contributed by atoms with E-state index in [1.54, 1.807) is 0 Å². The van der Waals surface area contributed by atoms with Crippen molar-refractivity contribution in [3.8, 4) is 0 Å². The summed E-state index contributed by atoms with van der Waals surface area (Å²) in [4.78, 5) is 14.0. The van der Waals surface area contributed by atoms with Crippen LogP contribution in [0.15, 0.2) is 0 Å². The summed E-state index contributed by atoms with van der Waals surface area (Å²) in [7, 11) is 0. The second kappa shape index (κ2) is 5.29. The summed E-state index contributed by atoms with van der Waals surface area (Å²) in [5.41, 5.74) is 5.81. The monoisotopic (exact) mass is 269 g/mol. The van der Waals surface area contributed by atoms with E-state index in [0.717, 1.165) is 32.6 Å². The summed E-state index contributed by atoms with van der Waals surface area (Å²) >= 11 is 0. The Bertz CT molecular complexity index is 332. The van der Waals surface area contributed by atoms with Gasteiger partial charge in [-0.3, -0.25) is 0 Å². The molecule has 0 radical (unpaired) electrons. The zero-order valence-electron chi connectivity index (χ0n) is 12.4. The minimum absolute atomic E-state index is 0.202. The van der Waals surface area contributed by atoms with Crippen molar-refractivity contribution in [3.63, 3.8) is 0 Å². The van der Waals surface area contributed by atoms with Gasteiger partial charge in [-0.05, 0) is 58.0 Å². The summed E-state index contributed by atoms with van der Waals surface area (Å²) in [6, 6.07) is 0. The predicted octanol–water partition coefficient (Wildman–Crippen LogP) is 1.18. The second-order valence-corrected chi connectivity index (χ2v) is 6.90. The lowest BCUT2D eigenvalue weighted by Gasteiger charge is -2.45. The molecule has 2 rings (SSSR count). The van der Waals surface area contributed by atoms with E-state index >= 15 is 0 Å². The van der Waals surface area contributed by atoms with Crippen molar-refractivity contribution in [2.24, 2.45) is 17.1 Å². The molecule has 1 amide bonds. The highest BCUT2D eigenvalue weighted by molar-refractivity contribution is 5.68. The Labute approximate surface area is 115 Å². The second-order valence-electron chi connectivity index (χ2n) is 6.90. The Balaban J connectivity index is 1.99. The maximum Gasteiger partial charge on any atom is 0.410 e. The zero-order chi connectivity index (χ0) is 14.1. The summed E-state index contributed by atoms with van der Waals surface area (Å²) in [6.45, 7) is 9.97. The fourth-order valence-corrected chi connectivity index (χ4v) is 3.25. The molecular formula is C14H27N3O2. The molecule has 2 aliphatic heterocycles. The van der Waals surface area contributed by atoms with Crippen molar-refractivity contribution in [1.82, 2.24) is 10.2 Å². The van der Waals surface area contributed by atoms with Crippen LogP contribution in [0.5, 0.6) is 0 Å². The first kappa shape index (κ1) is 14.6. The molecule has 0 aliphatic carbocycles. The molecule has 2 unspecified atom stereocenters. The molecule has 0 aromatic carbocycles. The Morgan fingerprint density at radius 2 is 2.21 bits per heavy atom. The lowest BCUT2D eigenvalue weighted by atomic mass is 9.69. The molecule has 19 heavy (non-hydrogen) atoms. The van der Waals surface area contributed by atoms with Gasteiger partial charge in [0, 0.05) is 19.6 Å². The molecule has 2 fully saturated rings. The molecule has 110 valence electrons. The first-order valence-electron chi connectivity index (χ1n) is 7.25. The Kier molecular flexibility index (Phi) is 4.06. The molecule has 0 aromatic rings. The number of carbonyl (C=O) groups excluding carboxylic acids is 1. The number of piperidine rings is 1. The highest BCUT2D eigenvalue weighted by Gasteiger charge is 2.45. The normalized spacial score (nSPS) is 31.8. The quantitative estimate of drug-likeness (QED) is 0.750. The standard InChI is InChI=1S/C14H27N3O2/c1-13(2,3)19-12(18)17-7-5-14(4-6-16-10-14)11(8-15)9-17/h11,16H,4-10,15H2,1-3H3. The van der Waals surface area contributed by atoms with Crippen molar-refractivity contribution in [1.29, 1.82) is 0 Å². The molecule has 3 N–H and O–H groups in total. The number of likely N-dealkylation sites (tertiary alicyclic amines) is 1. The SMILES string of the molecule is CC(C)(C)OC(=O)N1CCC2(CCNC2)C(CN)C1. The average Bonchev–Trinajstić information content (AvgIpc) is 2.76. The van der Waals surface area contributed by atoms with Crippen LogP contribution in [0.25, 0.3) is 0 Å². The fraction of sp³-hybridized carbons (Fsp3) is 0.929. The maximum atomic E-state index is 12.1. The summed E-state index contributed by atoms with van der Waals surface area (Å²) in [6.07, 6.45) is 2.00. The average molecular weight is 269 g/mol. The predicted molar refractivity (Wildman–Crippen MR) is 74.9 cm³/mol. The minimum Gasteiger partial charge on any atom is -0.444 e. The molecule has 2 saturated heterocycles. The number of carbonyl (C=O) groups is 1.